The highest BCUT2D eigenvalue weighted by atomic mass is 16.5. The fourth-order valence-corrected chi connectivity index (χ4v) is 1.07. The zero-order valence-electron chi connectivity index (χ0n) is 9.79. The van der Waals surface area contributed by atoms with Crippen LogP contribution in [0.15, 0.2) is 0 Å². The van der Waals surface area contributed by atoms with Crippen molar-refractivity contribution >= 4 is 11.9 Å². The smallest absolute Gasteiger partial charge is 0.322 e. The number of nitrogen functional groups attached to an aromatic ring is 1. The van der Waals surface area contributed by atoms with Crippen molar-refractivity contribution in [3.8, 4) is 6.01 Å². The van der Waals surface area contributed by atoms with Gasteiger partial charge in [0.15, 0.2) is 0 Å². The molecule has 0 spiro atoms. The number of anilines is 2. The molecular formula is C8H16N6O4. The minimum atomic E-state index is -1.35. The average molecular weight is 260 g/mol. The van der Waals surface area contributed by atoms with E-state index >= 15 is 0 Å². The topological polar surface area (TPSA) is 159 Å². The maximum atomic E-state index is 9.17. The number of rotatable bonds is 7. The average Bonchev–Trinajstić information content (AvgIpc) is 2.44. The van der Waals surface area contributed by atoms with E-state index in [2.05, 4.69) is 25.7 Å². The Kier molecular flexibility index (Phi) is 4.97. The molecule has 10 nitrogen and oxygen atoms in total. The molecule has 1 aromatic rings. The minimum Gasteiger partial charge on any atom is -0.467 e. The summed E-state index contributed by atoms with van der Waals surface area (Å²) < 4.78 is 4.83. The maximum Gasteiger partial charge on any atom is 0.322 e. The molecule has 0 radical (unpaired) electrons. The van der Waals surface area contributed by atoms with Crippen molar-refractivity contribution in [3.05, 3.63) is 0 Å². The standard InChI is InChI=1S/C8H16N6O4/c1-18-7-11-5(10-6(12-7)14-9)13-8(2-15,3-16)4-17/h15-17H,2-4,9H2,1H3,(H2,10,11,12,13,14). The molecule has 0 aromatic carbocycles. The number of hydrogen-bond acceptors (Lipinski definition) is 10. The first-order chi connectivity index (χ1) is 8.62. The van der Waals surface area contributed by atoms with Crippen LogP contribution in [0.5, 0.6) is 6.01 Å². The van der Waals surface area contributed by atoms with Crippen molar-refractivity contribution in [1.82, 2.24) is 15.0 Å². The van der Waals surface area contributed by atoms with Crippen molar-refractivity contribution in [2.24, 2.45) is 5.84 Å². The van der Waals surface area contributed by atoms with E-state index in [0.29, 0.717) is 0 Å². The lowest BCUT2D eigenvalue weighted by molar-refractivity contribution is 0.0827. The molecule has 0 saturated carbocycles. The lowest BCUT2D eigenvalue weighted by Gasteiger charge is -2.28. The van der Waals surface area contributed by atoms with E-state index in [1.54, 1.807) is 0 Å². The number of hydrazine groups is 1. The summed E-state index contributed by atoms with van der Waals surface area (Å²) >= 11 is 0. The monoisotopic (exact) mass is 260 g/mol. The summed E-state index contributed by atoms with van der Waals surface area (Å²) in [5.74, 6) is 5.20. The van der Waals surface area contributed by atoms with Gasteiger partial charge in [0, 0.05) is 0 Å². The van der Waals surface area contributed by atoms with Crippen LogP contribution in [0.25, 0.3) is 0 Å². The van der Waals surface area contributed by atoms with Gasteiger partial charge >= 0.3 is 6.01 Å². The Hall–Kier alpha value is -1.75. The van der Waals surface area contributed by atoms with E-state index in [-0.39, 0.29) is 17.9 Å². The van der Waals surface area contributed by atoms with Crippen LogP contribution < -0.4 is 21.3 Å². The van der Waals surface area contributed by atoms with Gasteiger partial charge in [0.05, 0.1) is 26.9 Å². The van der Waals surface area contributed by atoms with Gasteiger partial charge in [0.1, 0.15) is 5.54 Å². The Balaban J connectivity index is 3.01. The van der Waals surface area contributed by atoms with Gasteiger partial charge < -0.3 is 25.4 Å². The number of ether oxygens (including phenoxy) is 1. The van der Waals surface area contributed by atoms with E-state index < -0.39 is 25.4 Å². The Labute approximate surface area is 103 Å². The zero-order chi connectivity index (χ0) is 13.6. The second-order valence-corrected chi connectivity index (χ2v) is 3.49. The molecule has 1 aromatic heterocycles. The van der Waals surface area contributed by atoms with Gasteiger partial charge in [-0.05, 0) is 0 Å². The maximum absolute atomic E-state index is 9.17. The third-order valence-corrected chi connectivity index (χ3v) is 2.21. The van der Waals surface area contributed by atoms with Gasteiger partial charge in [-0.15, -0.1) is 0 Å². The largest absolute Gasteiger partial charge is 0.467 e. The van der Waals surface area contributed by atoms with Crippen LogP contribution in [0.2, 0.25) is 0 Å². The molecule has 0 saturated heterocycles. The van der Waals surface area contributed by atoms with Gasteiger partial charge in [0.2, 0.25) is 11.9 Å². The molecule has 1 rings (SSSR count). The molecule has 0 bridgehead atoms. The van der Waals surface area contributed by atoms with Crippen molar-refractivity contribution in [3.63, 3.8) is 0 Å². The van der Waals surface area contributed by atoms with Crippen LogP contribution in [0, 0.1) is 0 Å². The Morgan fingerprint density at radius 2 is 1.67 bits per heavy atom. The first kappa shape index (κ1) is 14.3. The third kappa shape index (κ3) is 3.13. The summed E-state index contributed by atoms with van der Waals surface area (Å²) in [6.45, 7) is -1.54. The number of aromatic nitrogens is 3. The SMILES string of the molecule is COc1nc(NN)nc(NC(CO)(CO)CO)n1. The van der Waals surface area contributed by atoms with Gasteiger partial charge in [-0.1, -0.05) is 0 Å². The highest BCUT2D eigenvalue weighted by Crippen LogP contribution is 2.15. The van der Waals surface area contributed by atoms with Crippen LogP contribution in [-0.4, -0.2) is 62.7 Å². The minimum absolute atomic E-state index is 0.00745. The summed E-state index contributed by atoms with van der Waals surface area (Å²) in [5.41, 5.74) is 0.863. The Morgan fingerprint density at radius 3 is 2.11 bits per heavy atom. The van der Waals surface area contributed by atoms with E-state index in [1.807, 2.05) is 0 Å². The van der Waals surface area contributed by atoms with E-state index in [9.17, 15) is 0 Å². The van der Waals surface area contributed by atoms with E-state index in [4.69, 9.17) is 25.9 Å². The predicted molar refractivity (Wildman–Crippen MR) is 61.8 cm³/mol. The first-order valence-electron chi connectivity index (χ1n) is 5.00. The van der Waals surface area contributed by atoms with Crippen molar-refractivity contribution in [2.45, 2.75) is 5.54 Å². The number of nitrogens with one attached hydrogen (secondary N) is 2. The quantitative estimate of drug-likeness (QED) is 0.225. The highest BCUT2D eigenvalue weighted by molar-refractivity contribution is 5.37. The van der Waals surface area contributed by atoms with Crippen LogP contribution in [0.1, 0.15) is 0 Å². The number of hydrogen-bond donors (Lipinski definition) is 6. The second kappa shape index (κ2) is 6.26. The number of nitrogens with two attached hydrogens (primary N) is 1. The molecular weight excluding hydrogens is 244 g/mol. The summed E-state index contributed by atoms with van der Waals surface area (Å²) in [6.07, 6.45) is 0. The molecule has 7 N–H and O–H groups in total. The zero-order valence-corrected chi connectivity index (χ0v) is 9.79. The van der Waals surface area contributed by atoms with Crippen LogP contribution in [0.4, 0.5) is 11.9 Å². The summed E-state index contributed by atoms with van der Waals surface area (Å²) in [4.78, 5) is 11.5. The fourth-order valence-electron chi connectivity index (χ4n) is 1.07. The predicted octanol–water partition coefficient (Wildman–Crippen LogP) is -2.71. The molecule has 0 fully saturated rings. The Morgan fingerprint density at radius 1 is 1.11 bits per heavy atom. The summed E-state index contributed by atoms with van der Waals surface area (Å²) in [5, 5.41) is 30.1. The molecule has 0 atom stereocenters. The fraction of sp³-hybridized carbons (Fsp3) is 0.625. The molecule has 0 aliphatic carbocycles. The van der Waals surface area contributed by atoms with Crippen LogP contribution in [-0.2, 0) is 0 Å². The summed E-state index contributed by atoms with van der Waals surface area (Å²) in [6, 6.07) is -0.0110. The molecule has 102 valence electrons. The molecule has 0 aliphatic rings. The molecule has 1 heterocycles. The Bertz CT molecular complexity index is 355. The van der Waals surface area contributed by atoms with Gasteiger partial charge in [-0.25, -0.2) is 5.84 Å². The number of aliphatic hydroxyl groups is 3. The molecule has 10 heteroatoms. The van der Waals surface area contributed by atoms with Crippen LogP contribution >= 0.6 is 0 Å². The van der Waals surface area contributed by atoms with Crippen LogP contribution in [0.3, 0.4) is 0 Å². The number of nitrogens with zero attached hydrogens (tertiary/aromatic N) is 3. The first-order valence-corrected chi connectivity index (χ1v) is 5.00. The van der Waals surface area contributed by atoms with Crippen molar-refractivity contribution < 1.29 is 20.1 Å². The lowest BCUT2D eigenvalue weighted by Crippen LogP contribution is -2.49. The number of aliphatic hydroxyl groups excluding tert-OH is 3. The summed E-state index contributed by atoms with van der Waals surface area (Å²) in [7, 11) is 1.36. The molecule has 18 heavy (non-hydrogen) atoms. The van der Waals surface area contributed by atoms with Crippen molar-refractivity contribution in [2.75, 3.05) is 37.7 Å². The number of methoxy groups -OCH3 is 1. The molecule has 0 aliphatic heterocycles. The van der Waals surface area contributed by atoms with Gasteiger partial charge in [-0.2, -0.15) is 15.0 Å². The highest BCUT2D eigenvalue weighted by Gasteiger charge is 2.29. The molecule has 0 amide bonds. The van der Waals surface area contributed by atoms with E-state index in [0.717, 1.165) is 0 Å². The van der Waals surface area contributed by atoms with Crippen molar-refractivity contribution in [1.29, 1.82) is 0 Å². The normalized spacial score (nSPS) is 11.2. The molecule has 0 unspecified atom stereocenters. The lowest BCUT2D eigenvalue weighted by atomic mass is 10.0. The van der Waals surface area contributed by atoms with Gasteiger partial charge in [0.25, 0.3) is 0 Å². The second-order valence-electron chi connectivity index (χ2n) is 3.49. The third-order valence-electron chi connectivity index (χ3n) is 2.21. The van der Waals surface area contributed by atoms with Gasteiger partial charge in [-0.3, -0.25) is 5.43 Å². The van der Waals surface area contributed by atoms with E-state index in [1.165, 1.54) is 7.11 Å².